The first-order valence-corrected chi connectivity index (χ1v) is 10.1. The predicted molar refractivity (Wildman–Crippen MR) is 107 cm³/mol. The maximum atomic E-state index is 12.6. The minimum Gasteiger partial charge on any atom is -0.493 e. The van der Waals surface area contributed by atoms with Crippen LogP contribution in [0.3, 0.4) is 0 Å². The van der Waals surface area contributed by atoms with Crippen molar-refractivity contribution < 1.29 is 18.9 Å². The first kappa shape index (κ1) is 20.4. The topological polar surface area (TPSA) is 106 Å². The Morgan fingerprint density at radius 2 is 2.27 bits per heavy atom. The van der Waals surface area contributed by atoms with Gasteiger partial charge in [-0.25, -0.2) is 4.63 Å². The third-order valence-electron chi connectivity index (χ3n) is 4.90. The normalized spacial score (nSPS) is 16.6. The molecule has 0 unspecified atom stereocenters. The maximum Gasteiger partial charge on any atom is 0.228 e. The molecule has 1 atom stereocenters. The fourth-order valence-corrected chi connectivity index (χ4v) is 3.41. The molecule has 1 aliphatic heterocycles. The summed E-state index contributed by atoms with van der Waals surface area (Å²) in [5, 5.41) is 15.5. The summed E-state index contributed by atoms with van der Waals surface area (Å²) in [6, 6.07) is 9.24. The lowest BCUT2D eigenvalue weighted by atomic mass is 10.1. The number of nitrogens with one attached hydrogen (secondary N) is 1. The summed E-state index contributed by atoms with van der Waals surface area (Å²) < 4.78 is 16.2. The van der Waals surface area contributed by atoms with E-state index in [1.165, 1.54) is 0 Å². The SMILES string of the molecule is Cc1nonc1CC(=O)N1CCO[C@H](c2cc(CCOc3cccc(Cl)c3)[nH]n2)C1. The van der Waals surface area contributed by atoms with Crippen molar-refractivity contribution in [3.63, 3.8) is 0 Å². The van der Waals surface area contributed by atoms with E-state index in [1.54, 1.807) is 24.0 Å². The molecule has 10 heteroatoms. The summed E-state index contributed by atoms with van der Waals surface area (Å²) in [6.07, 6.45) is 0.542. The number of nitrogens with zero attached hydrogens (tertiary/aromatic N) is 4. The average molecular weight is 432 g/mol. The highest BCUT2D eigenvalue weighted by Crippen LogP contribution is 2.22. The molecule has 4 rings (SSSR count). The van der Waals surface area contributed by atoms with Crippen molar-refractivity contribution >= 4 is 17.5 Å². The number of H-pyrrole nitrogens is 1. The Balaban J connectivity index is 1.30. The molecule has 2 aromatic heterocycles. The van der Waals surface area contributed by atoms with Crippen LogP contribution in [-0.4, -0.2) is 57.6 Å². The van der Waals surface area contributed by atoms with E-state index in [4.69, 9.17) is 21.1 Å². The number of carbonyl (C=O) groups is 1. The van der Waals surface area contributed by atoms with Gasteiger partial charge >= 0.3 is 0 Å². The fraction of sp³-hybridized carbons (Fsp3) is 0.400. The van der Waals surface area contributed by atoms with Crippen LogP contribution in [-0.2, 0) is 22.4 Å². The second-order valence-electron chi connectivity index (χ2n) is 7.05. The van der Waals surface area contributed by atoms with Crippen LogP contribution in [0.4, 0.5) is 0 Å². The van der Waals surface area contributed by atoms with Crippen molar-refractivity contribution in [1.29, 1.82) is 0 Å². The van der Waals surface area contributed by atoms with Crippen LogP contribution in [0.5, 0.6) is 5.75 Å². The Labute approximate surface area is 178 Å². The monoisotopic (exact) mass is 431 g/mol. The standard InChI is InChI=1S/C20H22ClN5O4/c1-13-17(25-30-24-13)11-20(27)26-6-8-29-19(12-26)18-10-15(22-23-18)5-7-28-16-4-2-3-14(21)9-16/h2-4,9-10,19H,5-8,11-12H2,1H3,(H,22,23)/t19-/m0/s1. The highest BCUT2D eigenvalue weighted by atomic mass is 35.5. The van der Waals surface area contributed by atoms with Gasteiger partial charge in [-0.2, -0.15) is 5.10 Å². The van der Waals surface area contributed by atoms with Crippen molar-refractivity contribution in [3.05, 3.63) is 58.1 Å². The van der Waals surface area contributed by atoms with Crippen molar-refractivity contribution in [2.75, 3.05) is 26.3 Å². The van der Waals surface area contributed by atoms with E-state index in [1.807, 2.05) is 18.2 Å². The van der Waals surface area contributed by atoms with Crippen LogP contribution >= 0.6 is 11.6 Å². The molecule has 0 saturated carbocycles. The van der Waals surface area contributed by atoms with Gasteiger partial charge in [0.25, 0.3) is 0 Å². The van der Waals surface area contributed by atoms with Crippen LogP contribution in [0, 0.1) is 6.92 Å². The van der Waals surface area contributed by atoms with E-state index in [0.29, 0.717) is 49.1 Å². The van der Waals surface area contributed by atoms with Gasteiger partial charge in [0.1, 0.15) is 23.2 Å². The Hall–Kier alpha value is -2.91. The average Bonchev–Trinajstić information content (AvgIpc) is 3.38. The molecule has 3 heterocycles. The van der Waals surface area contributed by atoms with E-state index < -0.39 is 0 Å². The first-order chi connectivity index (χ1) is 14.6. The van der Waals surface area contributed by atoms with Crippen LogP contribution in [0.1, 0.15) is 28.9 Å². The number of benzene rings is 1. The molecule has 0 aliphatic carbocycles. The van der Waals surface area contributed by atoms with Crippen LogP contribution in [0.25, 0.3) is 0 Å². The Kier molecular flexibility index (Phi) is 6.29. The number of aromatic amines is 1. The van der Waals surface area contributed by atoms with Crippen LogP contribution in [0.2, 0.25) is 5.02 Å². The fourth-order valence-electron chi connectivity index (χ4n) is 3.23. The molecule has 0 radical (unpaired) electrons. The summed E-state index contributed by atoms with van der Waals surface area (Å²) >= 11 is 5.96. The summed E-state index contributed by atoms with van der Waals surface area (Å²) in [6.45, 7) is 3.68. The highest BCUT2D eigenvalue weighted by Gasteiger charge is 2.28. The van der Waals surface area contributed by atoms with Gasteiger partial charge in [-0.15, -0.1) is 0 Å². The van der Waals surface area contributed by atoms with E-state index in [9.17, 15) is 4.79 Å². The molecule has 1 fully saturated rings. The van der Waals surface area contributed by atoms with E-state index in [0.717, 1.165) is 17.1 Å². The van der Waals surface area contributed by atoms with Gasteiger partial charge in [0.2, 0.25) is 5.91 Å². The van der Waals surface area contributed by atoms with E-state index >= 15 is 0 Å². The largest absolute Gasteiger partial charge is 0.493 e. The van der Waals surface area contributed by atoms with E-state index in [-0.39, 0.29) is 18.4 Å². The number of ether oxygens (including phenoxy) is 2. The maximum absolute atomic E-state index is 12.6. The summed E-state index contributed by atoms with van der Waals surface area (Å²) in [4.78, 5) is 14.4. The summed E-state index contributed by atoms with van der Waals surface area (Å²) in [5.74, 6) is 0.692. The smallest absolute Gasteiger partial charge is 0.228 e. The van der Waals surface area contributed by atoms with E-state index in [2.05, 4.69) is 25.1 Å². The zero-order chi connectivity index (χ0) is 20.9. The predicted octanol–water partition coefficient (Wildman–Crippen LogP) is 2.52. The van der Waals surface area contributed by atoms with Gasteiger partial charge in [0.15, 0.2) is 0 Å². The molecule has 0 bridgehead atoms. The van der Waals surface area contributed by atoms with Gasteiger partial charge < -0.3 is 14.4 Å². The molecule has 30 heavy (non-hydrogen) atoms. The molecule has 1 amide bonds. The molecule has 3 aromatic rings. The zero-order valence-electron chi connectivity index (χ0n) is 16.5. The van der Waals surface area contributed by atoms with Crippen molar-refractivity contribution in [2.45, 2.75) is 25.9 Å². The van der Waals surface area contributed by atoms with Crippen molar-refractivity contribution in [2.24, 2.45) is 0 Å². The summed E-state index contributed by atoms with van der Waals surface area (Å²) in [7, 11) is 0. The molecule has 158 valence electrons. The first-order valence-electron chi connectivity index (χ1n) is 9.68. The number of hydrogen-bond acceptors (Lipinski definition) is 7. The Morgan fingerprint density at radius 1 is 1.37 bits per heavy atom. The minimum absolute atomic E-state index is 0.0345. The number of aryl methyl sites for hydroxylation is 1. The third kappa shape index (κ3) is 4.98. The molecule has 0 spiro atoms. The van der Waals surface area contributed by atoms with Gasteiger partial charge in [-0.1, -0.05) is 28.0 Å². The zero-order valence-corrected chi connectivity index (χ0v) is 17.3. The Morgan fingerprint density at radius 3 is 3.07 bits per heavy atom. The molecular formula is C20H22ClN5O4. The number of halogens is 1. The number of morpholine rings is 1. The minimum atomic E-state index is -0.280. The quantitative estimate of drug-likeness (QED) is 0.612. The summed E-state index contributed by atoms with van der Waals surface area (Å²) in [5.41, 5.74) is 2.89. The number of amides is 1. The number of aromatic nitrogens is 4. The highest BCUT2D eigenvalue weighted by molar-refractivity contribution is 6.30. The lowest BCUT2D eigenvalue weighted by molar-refractivity contribution is -0.138. The lowest BCUT2D eigenvalue weighted by Gasteiger charge is -2.32. The van der Waals surface area contributed by atoms with Crippen molar-refractivity contribution in [3.8, 4) is 5.75 Å². The third-order valence-corrected chi connectivity index (χ3v) is 5.14. The molecular weight excluding hydrogens is 410 g/mol. The van der Waals surface area contributed by atoms with Crippen LogP contribution in [0.15, 0.2) is 35.0 Å². The number of rotatable bonds is 7. The molecule has 1 aliphatic rings. The molecule has 1 saturated heterocycles. The van der Waals surface area contributed by atoms with Crippen molar-refractivity contribution in [1.82, 2.24) is 25.4 Å². The second-order valence-corrected chi connectivity index (χ2v) is 7.48. The molecule has 1 aromatic carbocycles. The van der Waals surface area contributed by atoms with Crippen LogP contribution < -0.4 is 4.74 Å². The van der Waals surface area contributed by atoms with Gasteiger partial charge in [0.05, 0.1) is 31.9 Å². The number of carbonyl (C=O) groups excluding carboxylic acids is 1. The number of hydrogen-bond donors (Lipinski definition) is 1. The van der Waals surface area contributed by atoms with Gasteiger partial charge in [0, 0.05) is 23.7 Å². The van der Waals surface area contributed by atoms with Gasteiger partial charge in [-0.05, 0) is 31.2 Å². The molecule has 9 nitrogen and oxygen atoms in total. The molecule has 1 N–H and O–H groups in total. The van der Waals surface area contributed by atoms with Gasteiger partial charge in [-0.3, -0.25) is 9.89 Å². The lowest BCUT2D eigenvalue weighted by Crippen LogP contribution is -2.43. The second kappa shape index (κ2) is 9.27. The Bertz CT molecular complexity index is 1000.